The van der Waals surface area contributed by atoms with Gasteiger partial charge in [0, 0.05) is 17.0 Å². The summed E-state index contributed by atoms with van der Waals surface area (Å²) in [5, 5.41) is 9.72. The monoisotopic (exact) mass is 460 g/mol. The number of hydrogen-bond acceptors (Lipinski definition) is 3. The fraction of sp³-hybridized carbons (Fsp3) is 0.346. The molecule has 0 atom stereocenters. The van der Waals surface area contributed by atoms with Crippen LogP contribution in [0.2, 0.25) is 0 Å². The first-order chi connectivity index (χ1) is 15.4. The molecule has 0 aliphatic carbocycles. The number of hydrogen-bond donors (Lipinski definition) is 1. The number of alkyl halides is 3. The molecular weight excluding hydrogens is 433 g/mol. The van der Waals surface area contributed by atoms with Crippen LogP contribution in [0.15, 0.2) is 46.9 Å². The van der Waals surface area contributed by atoms with Crippen molar-refractivity contribution in [3.63, 3.8) is 0 Å². The van der Waals surface area contributed by atoms with Crippen molar-refractivity contribution in [3.8, 4) is 16.9 Å². The summed E-state index contributed by atoms with van der Waals surface area (Å²) in [4.78, 5) is 11.1. The fourth-order valence-corrected chi connectivity index (χ4v) is 3.70. The molecule has 3 rings (SSSR count). The maximum absolute atomic E-state index is 13.1. The Hall–Kier alpha value is -3.22. The van der Waals surface area contributed by atoms with E-state index >= 15 is 0 Å². The van der Waals surface area contributed by atoms with Gasteiger partial charge in [-0.25, -0.2) is 4.79 Å². The Morgan fingerprint density at radius 3 is 2.36 bits per heavy atom. The molecule has 0 spiro atoms. The first kappa shape index (κ1) is 24.4. The molecule has 0 unspecified atom stereocenters. The average Bonchev–Trinajstić information content (AvgIpc) is 3.15. The maximum Gasteiger partial charge on any atom is 0.422 e. The van der Waals surface area contributed by atoms with Crippen LogP contribution in [0, 0.1) is 0 Å². The summed E-state index contributed by atoms with van der Waals surface area (Å²) < 4.78 is 50.5. The van der Waals surface area contributed by atoms with Crippen molar-refractivity contribution >= 4 is 22.5 Å². The lowest BCUT2D eigenvalue weighted by Gasteiger charge is -2.22. The van der Waals surface area contributed by atoms with Gasteiger partial charge in [-0.2, -0.15) is 13.2 Å². The first-order valence-corrected chi connectivity index (χ1v) is 10.7. The number of carbonyl (C=O) groups is 1. The summed E-state index contributed by atoms with van der Waals surface area (Å²) in [5.41, 5.74) is 3.82. The topological polar surface area (TPSA) is 59.7 Å². The average molecular weight is 460 g/mol. The number of fused-ring (bicyclic) bond motifs is 1. The lowest BCUT2D eigenvalue weighted by atomic mass is 9.88. The Balaban J connectivity index is 2.29. The molecule has 1 aromatic heterocycles. The number of benzene rings is 2. The molecule has 1 heterocycles. The van der Waals surface area contributed by atoms with Gasteiger partial charge in [-0.3, -0.25) is 0 Å². The molecule has 0 saturated heterocycles. The second-order valence-corrected chi connectivity index (χ2v) is 8.69. The van der Waals surface area contributed by atoms with Crippen LogP contribution in [0.5, 0.6) is 5.75 Å². The molecule has 1 N–H and O–H groups in total. The summed E-state index contributed by atoms with van der Waals surface area (Å²) in [6, 6.07) is 10.8. The highest BCUT2D eigenvalue weighted by Gasteiger charge is 2.30. The van der Waals surface area contributed by atoms with Crippen LogP contribution in [0.4, 0.5) is 13.2 Å². The number of rotatable bonds is 7. The molecule has 0 radical (unpaired) electrons. The molecule has 33 heavy (non-hydrogen) atoms. The highest BCUT2D eigenvalue weighted by molar-refractivity contribution is 5.98. The quantitative estimate of drug-likeness (QED) is 0.366. The van der Waals surface area contributed by atoms with Crippen molar-refractivity contribution in [2.24, 2.45) is 0 Å². The van der Waals surface area contributed by atoms with Crippen LogP contribution >= 0.6 is 0 Å². The van der Waals surface area contributed by atoms with Crippen LogP contribution in [0.25, 0.3) is 27.7 Å². The molecule has 0 aliphatic heterocycles. The van der Waals surface area contributed by atoms with E-state index in [1.807, 2.05) is 45.9 Å². The van der Waals surface area contributed by atoms with Gasteiger partial charge in [-0.1, -0.05) is 45.9 Å². The number of halogens is 3. The largest absolute Gasteiger partial charge is 0.483 e. The molecule has 0 amide bonds. The molecule has 0 aliphatic rings. The van der Waals surface area contributed by atoms with E-state index in [0.29, 0.717) is 39.0 Å². The van der Waals surface area contributed by atoms with E-state index in [0.717, 1.165) is 11.6 Å². The SMILES string of the molecule is CC(=CC(=O)O)c1cc2c(-c3cc(C(C)C)cc(C(C)C)c3OCC(F)(F)F)cccc2o1. The first-order valence-electron chi connectivity index (χ1n) is 10.7. The van der Waals surface area contributed by atoms with E-state index in [1.165, 1.54) is 0 Å². The van der Waals surface area contributed by atoms with Crippen LogP contribution in [0.3, 0.4) is 0 Å². The number of carboxylic acid groups (broad SMARTS) is 1. The third-order valence-corrected chi connectivity index (χ3v) is 5.39. The van der Waals surface area contributed by atoms with Crippen molar-refractivity contribution in [2.75, 3.05) is 6.61 Å². The van der Waals surface area contributed by atoms with Gasteiger partial charge in [-0.15, -0.1) is 0 Å². The molecule has 2 aromatic carbocycles. The Kier molecular flexibility index (Phi) is 6.91. The second-order valence-electron chi connectivity index (χ2n) is 8.69. The lowest BCUT2D eigenvalue weighted by molar-refractivity contribution is -0.153. The van der Waals surface area contributed by atoms with Gasteiger partial charge in [0.25, 0.3) is 0 Å². The summed E-state index contributed by atoms with van der Waals surface area (Å²) in [5.74, 6) is -0.438. The number of aliphatic carboxylic acids is 1. The van der Waals surface area contributed by atoms with Gasteiger partial charge in [0.1, 0.15) is 17.1 Å². The second kappa shape index (κ2) is 9.33. The zero-order chi connectivity index (χ0) is 24.5. The number of carboxylic acids is 1. The van der Waals surface area contributed by atoms with E-state index in [9.17, 15) is 18.0 Å². The van der Waals surface area contributed by atoms with Crippen molar-refractivity contribution in [1.82, 2.24) is 0 Å². The highest BCUT2D eigenvalue weighted by atomic mass is 19.4. The van der Waals surface area contributed by atoms with Crippen molar-refractivity contribution in [3.05, 3.63) is 59.4 Å². The normalized spacial score (nSPS) is 12.7. The predicted octanol–water partition coefficient (Wildman–Crippen LogP) is 7.78. The third kappa shape index (κ3) is 5.59. The summed E-state index contributed by atoms with van der Waals surface area (Å²) in [7, 11) is 0. The van der Waals surface area contributed by atoms with Gasteiger partial charge in [0.15, 0.2) is 6.61 Å². The van der Waals surface area contributed by atoms with Crippen molar-refractivity contribution in [1.29, 1.82) is 0 Å². The zero-order valence-electron chi connectivity index (χ0n) is 19.2. The van der Waals surface area contributed by atoms with Gasteiger partial charge >= 0.3 is 12.1 Å². The van der Waals surface area contributed by atoms with E-state index in [-0.39, 0.29) is 17.6 Å². The Morgan fingerprint density at radius 2 is 1.79 bits per heavy atom. The van der Waals surface area contributed by atoms with E-state index < -0.39 is 18.8 Å². The standard InChI is InChI=1S/C26H27F3O4/c1-14(2)17-10-19(15(3)4)25(32-13-26(27,28)29)21(11-17)18-7-6-8-22-20(18)12-23(33-22)16(5)9-24(30)31/h6-12,14-15H,13H2,1-5H3,(H,30,31). The summed E-state index contributed by atoms with van der Waals surface area (Å²) in [6.07, 6.45) is -3.43. The van der Waals surface area contributed by atoms with E-state index in [1.54, 1.807) is 25.1 Å². The van der Waals surface area contributed by atoms with Gasteiger partial charge in [0.2, 0.25) is 0 Å². The smallest absolute Gasteiger partial charge is 0.422 e. The fourth-order valence-electron chi connectivity index (χ4n) is 3.70. The minimum Gasteiger partial charge on any atom is -0.483 e. The zero-order valence-corrected chi connectivity index (χ0v) is 19.2. The Bertz CT molecular complexity index is 1200. The van der Waals surface area contributed by atoms with Crippen LogP contribution < -0.4 is 4.74 Å². The molecule has 176 valence electrons. The number of ether oxygens (including phenoxy) is 1. The lowest BCUT2D eigenvalue weighted by Crippen LogP contribution is -2.20. The number of furan rings is 1. The van der Waals surface area contributed by atoms with E-state index in [2.05, 4.69) is 0 Å². The molecule has 3 aromatic rings. The van der Waals surface area contributed by atoms with Crippen LogP contribution in [-0.2, 0) is 4.79 Å². The highest BCUT2D eigenvalue weighted by Crippen LogP contribution is 2.43. The minimum absolute atomic E-state index is 0.0643. The number of allylic oxidation sites excluding steroid dienone is 1. The summed E-state index contributed by atoms with van der Waals surface area (Å²) in [6.45, 7) is 8.11. The third-order valence-electron chi connectivity index (χ3n) is 5.39. The van der Waals surface area contributed by atoms with Gasteiger partial charge < -0.3 is 14.3 Å². The molecule has 7 heteroatoms. The van der Waals surface area contributed by atoms with Gasteiger partial charge in [-0.05, 0) is 59.2 Å². The molecule has 0 saturated carbocycles. The van der Waals surface area contributed by atoms with Crippen molar-refractivity contribution < 1.29 is 32.2 Å². The predicted molar refractivity (Wildman–Crippen MR) is 123 cm³/mol. The Morgan fingerprint density at radius 1 is 1.09 bits per heavy atom. The minimum atomic E-state index is -4.48. The van der Waals surface area contributed by atoms with Crippen molar-refractivity contribution in [2.45, 2.75) is 52.6 Å². The molecule has 0 bridgehead atoms. The van der Waals surface area contributed by atoms with Gasteiger partial charge in [0.05, 0.1) is 0 Å². The summed E-state index contributed by atoms with van der Waals surface area (Å²) >= 11 is 0. The Labute approximate surface area is 190 Å². The maximum atomic E-state index is 13.1. The van der Waals surface area contributed by atoms with E-state index in [4.69, 9.17) is 14.3 Å². The molecule has 4 nitrogen and oxygen atoms in total. The van der Waals surface area contributed by atoms with Crippen LogP contribution in [-0.4, -0.2) is 23.9 Å². The molecular formula is C26H27F3O4. The van der Waals surface area contributed by atoms with Crippen LogP contribution in [0.1, 0.15) is 63.3 Å². The molecule has 0 fully saturated rings.